The summed E-state index contributed by atoms with van der Waals surface area (Å²) in [5.41, 5.74) is 0.598. The summed E-state index contributed by atoms with van der Waals surface area (Å²) in [7, 11) is 0. The molecule has 0 amide bonds. The van der Waals surface area contributed by atoms with Crippen LogP contribution in [0.25, 0.3) is 32.9 Å². The van der Waals surface area contributed by atoms with Crippen LogP contribution in [0.2, 0.25) is 0 Å². The molecule has 0 spiro atoms. The first kappa shape index (κ1) is 29.1. The van der Waals surface area contributed by atoms with Crippen molar-refractivity contribution in [2.24, 2.45) is 11.8 Å². The van der Waals surface area contributed by atoms with Gasteiger partial charge in [-0.2, -0.15) is 9.97 Å². The summed E-state index contributed by atoms with van der Waals surface area (Å²) in [5.74, 6) is 0.285. The number of aryl methyl sites for hydroxylation is 1. The molecule has 2 aliphatic heterocycles. The van der Waals surface area contributed by atoms with Crippen LogP contribution in [0.15, 0.2) is 30.5 Å². The summed E-state index contributed by atoms with van der Waals surface area (Å²) in [4.78, 5) is 16.2. The van der Waals surface area contributed by atoms with Gasteiger partial charge in [-0.15, -0.1) is 0 Å². The zero-order chi connectivity index (χ0) is 30.6. The fourth-order valence-electron chi connectivity index (χ4n) is 7.58. The number of phenols is 1. The molecule has 0 bridgehead atoms. The second-order valence-corrected chi connectivity index (χ2v) is 13.1. The maximum Gasteiger partial charge on any atom is 0.319 e. The second kappa shape index (κ2) is 11.4. The number of nitrogens with one attached hydrogen (secondary N) is 1. The predicted octanol–water partition coefficient (Wildman–Crippen LogP) is 6.22. The van der Waals surface area contributed by atoms with Crippen LogP contribution in [-0.2, 0) is 6.42 Å². The van der Waals surface area contributed by atoms with Crippen molar-refractivity contribution in [3.05, 3.63) is 47.7 Å². The van der Waals surface area contributed by atoms with Crippen LogP contribution in [0, 0.1) is 23.5 Å². The Morgan fingerprint density at radius 3 is 2.82 bits per heavy atom. The molecular weight excluding hydrogens is 564 g/mol. The molecule has 10 heteroatoms. The van der Waals surface area contributed by atoms with E-state index in [0.29, 0.717) is 52.4 Å². The van der Waals surface area contributed by atoms with Gasteiger partial charge in [-0.05, 0) is 85.0 Å². The monoisotopic (exact) mass is 603 g/mol. The third kappa shape index (κ3) is 5.21. The number of hydrogen-bond acceptors (Lipinski definition) is 8. The first-order chi connectivity index (χ1) is 21.3. The van der Waals surface area contributed by atoms with Crippen LogP contribution in [0.4, 0.5) is 14.6 Å². The second-order valence-electron chi connectivity index (χ2n) is 13.1. The standard InChI is InChI=1S/C34H39F2N5O3/c1-3-24-27(35)8-7-21-12-23(43)13-25(28(21)24)30-29(36)31-26(15-37-30)32(38-22(17-42)11-20-5-6-20)40-33(39-31)44-18-34-9-4-10-41(34)16-19(2)14-34/h7-8,12-13,15,19-20,22,42-43H,3-6,9-11,14,16-18H2,1-2H3,(H,38,39,40)/t19-,22+,34+/m1/s1. The van der Waals surface area contributed by atoms with Crippen LogP contribution < -0.4 is 10.1 Å². The fraction of sp³-hybridized carbons (Fsp3) is 0.500. The number of benzene rings is 2. The number of ether oxygens (including phenoxy) is 1. The van der Waals surface area contributed by atoms with E-state index >= 15 is 4.39 Å². The Morgan fingerprint density at radius 1 is 1.20 bits per heavy atom. The molecule has 4 heterocycles. The molecule has 2 aromatic heterocycles. The van der Waals surface area contributed by atoms with E-state index in [-0.39, 0.29) is 46.7 Å². The number of phenolic OH excluding ortho intramolecular Hbond substituents is 1. The summed E-state index contributed by atoms with van der Waals surface area (Å²) in [6.45, 7) is 6.49. The minimum absolute atomic E-state index is 0.0112. The van der Waals surface area contributed by atoms with Crippen LogP contribution in [0.1, 0.15) is 57.9 Å². The molecule has 3 fully saturated rings. The number of pyridine rings is 1. The van der Waals surface area contributed by atoms with Crippen molar-refractivity contribution >= 4 is 27.5 Å². The lowest BCUT2D eigenvalue weighted by molar-refractivity contribution is 0.107. The number of anilines is 1. The molecule has 0 unspecified atom stereocenters. The average Bonchev–Trinajstić information content (AvgIpc) is 3.66. The molecule has 8 nitrogen and oxygen atoms in total. The van der Waals surface area contributed by atoms with Crippen molar-refractivity contribution in [3.63, 3.8) is 0 Å². The molecular formula is C34H39F2N5O3. The molecule has 2 saturated heterocycles. The van der Waals surface area contributed by atoms with Gasteiger partial charge in [-0.1, -0.05) is 32.8 Å². The number of aromatic nitrogens is 3. The Labute approximate surface area is 255 Å². The fourth-order valence-corrected chi connectivity index (χ4v) is 7.58. The Morgan fingerprint density at radius 2 is 2.05 bits per heavy atom. The zero-order valence-electron chi connectivity index (χ0n) is 25.2. The van der Waals surface area contributed by atoms with E-state index in [4.69, 9.17) is 4.74 Å². The topological polar surface area (TPSA) is 104 Å². The van der Waals surface area contributed by atoms with Crippen molar-refractivity contribution < 1.29 is 23.7 Å². The molecule has 1 aliphatic carbocycles. The van der Waals surface area contributed by atoms with Gasteiger partial charge in [-0.25, -0.2) is 8.78 Å². The number of nitrogens with zero attached hydrogens (tertiary/aromatic N) is 4. The summed E-state index contributed by atoms with van der Waals surface area (Å²) < 4.78 is 37.9. The Hall–Kier alpha value is -3.63. The summed E-state index contributed by atoms with van der Waals surface area (Å²) in [5, 5.41) is 25.4. The smallest absolute Gasteiger partial charge is 0.319 e. The lowest BCUT2D eigenvalue weighted by Crippen LogP contribution is -2.43. The minimum atomic E-state index is -0.714. The molecule has 1 saturated carbocycles. The van der Waals surface area contributed by atoms with Crippen molar-refractivity contribution in [2.75, 3.05) is 31.6 Å². The molecule has 44 heavy (non-hydrogen) atoms. The van der Waals surface area contributed by atoms with Gasteiger partial charge in [0.25, 0.3) is 0 Å². The van der Waals surface area contributed by atoms with Crippen molar-refractivity contribution in [3.8, 4) is 23.0 Å². The largest absolute Gasteiger partial charge is 0.508 e. The van der Waals surface area contributed by atoms with Gasteiger partial charge in [0.05, 0.1) is 23.6 Å². The zero-order valence-corrected chi connectivity index (χ0v) is 25.2. The quantitative estimate of drug-likeness (QED) is 0.196. The van der Waals surface area contributed by atoms with Crippen molar-refractivity contribution in [2.45, 2.75) is 70.4 Å². The SMILES string of the molecule is CCc1c(F)ccc2cc(O)cc(-c3ncc4c(N[C@H](CO)CC5CC5)nc(OC[C@@]56CCCN5C[C@H](C)C6)nc4c3F)c12. The first-order valence-electron chi connectivity index (χ1n) is 15.8. The number of aliphatic hydroxyl groups is 1. The van der Waals surface area contributed by atoms with Gasteiger partial charge < -0.3 is 20.3 Å². The highest BCUT2D eigenvalue weighted by Crippen LogP contribution is 2.42. The predicted molar refractivity (Wildman–Crippen MR) is 166 cm³/mol. The molecule has 3 aliphatic rings. The van der Waals surface area contributed by atoms with Crippen LogP contribution in [-0.4, -0.2) is 67.9 Å². The Kier molecular flexibility index (Phi) is 7.53. The summed E-state index contributed by atoms with van der Waals surface area (Å²) in [6, 6.07) is 5.69. The highest BCUT2D eigenvalue weighted by atomic mass is 19.1. The molecule has 3 N–H and O–H groups in total. The van der Waals surface area contributed by atoms with E-state index < -0.39 is 11.6 Å². The Bertz CT molecular complexity index is 1730. The third-order valence-electron chi connectivity index (χ3n) is 9.77. The molecule has 4 aromatic rings. The van der Waals surface area contributed by atoms with E-state index in [2.05, 4.69) is 32.1 Å². The van der Waals surface area contributed by atoms with E-state index in [9.17, 15) is 14.6 Å². The van der Waals surface area contributed by atoms with Gasteiger partial charge >= 0.3 is 6.01 Å². The van der Waals surface area contributed by atoms with E-state index in [1.165, 1.54) is 24.4 Å². The minimum Gasteiger partial charge on any atom is -0.508 e. The maximum absolute atomic E-state index is 16.7. The highest BCUT2D eigenvalue weighted by Gasteiger charge is 2.47. The first-order valence-corrected chi connectivity index (χ1v) is 15.8. The van der Waals surface area contributed by atoms with Crippen LogP contribution >= 0.6 is 0 Å². The molecule has 2 aromatic carbocycles. The molecule has 0 radical (unpaired) electrons. The maximum atomic E-state index is 16.7. The van der Waals surface area contributed by atoms with E-state index in [1.54, 1.807) is 6.07 Å². The third-order valence-corrected chi connectivity index (χ3v) is 9.77. The van der Waals surface area contributed by atoms with Gasteiger partial charge in [0, 0.05) is 18.3 Å². The number of halogens is 2. The van der Waals surface area contributed by atoms with Crippen molar-refractivity contribution in [1.82, 2.24) is 19.9 Å². The Balaban J connectivity index is 1.34. The van der Waals surface area contributed by atoms with E-state index in [1.807, 2.05) is 6.92 Å². The number of aromatic hydroxyl groups is 1. The summed E-state index contributed by atoms with van der Waals surface area (Å²) >= 11 is 0. The highest BCUT2D eigenvalue weighted by molar-refractivity contribution is 6.01. The molecule has 232 valence electrons. The number of rotatable bonds is 10. The van der Waals surface area contributed by atoms with Crippen LogP contribution in [0.5, 0.6) is 11.8 Å². The lowest BCUT2D eigenvalue weighted by Gasteiger charge is -2.31. The number of aliphatic hydroxyl groups excluding tert-OH is 1. The molecule has 3 atom stereocenters. The number of hydrogen-bond donors (Lipinski definition) is 3. The van der Waals surface area contributed by atoms with Gasteiger partial charge in [-0.3, -0.25) is 9.88 Å². The van der Waals surface area contributed by atoms with Gasteiger partial charge in [0.1, 0.15) is 35.2 Å². The van der Waals surface area contributed by atoms with E-state index in [0.717, 1.165) is 51.6 Å². The van der Waals surface area contributed by atoms with Gasteiger partial charge in [0.15, 0.2) is 5.82 Å². The van der Waals surface area contributed by atoms with Crippen LogP contribution in [0.3, 0.4) is 0 Å². The van der Waals surface area contributed by atoms with Gasteiger partial charge in [0.2, 0.25) is 0 Å². The summed E-state index contributed by atoms with van der Waals surface area (Å²) in [6.07, 6.45) is 8.10. The number of fused-ring (bicyclic) bond motifs is 3. The normalized spacial score (nSPS) is 22.5. The lowest BCUT2D eigenvalue weighted by atomic mass is 9.92. The van der Waals surface area contributed by atoms with Crippen molar-refractivity contribution in [1.29, 1.82) is 0 Å². The average molecular weight is 604 g/mol. The molecule has 7 rings (SSSR count).